The van der Waals surface area contributed by atoms with E-state index in [1.165, 1.54) is 110 Å². The lowest BCUT2D eigenvalue weighted by atomic mass is 9.33. The summed E-state index contributed by atoms with van der Waals surface area (Å²) in [5, 5.41) is 5.00. The zero-order valence-electron chi connectivity index (χ0n) is 79.2. The third-order valence-electron chi connectivity index (χ3n) is 27.8. The monoisotopic (exact) mass is 1670 g/mol. The van der Waals surface area contributed by atoms with Crippen molar-refractivity contribution in [2.24, 2.45) is 0 Å². The molecule has 0 bridgehead atoms. The van der Waals surface area contributed by atoms with Gasteiger partial charge in [-0.15, -0.1) is 0 Å². The summed E-state index contributed by atoms with van der Waals surface area (Å²) in [7, 11) is 0. The standard InChI is InChI=1S/C124H119BN4/c1-118(2,3)88-50-48-80(49-51-88)87-66-113-115-114(67-87)129(117-99(85-46-34-44-83(64-85)78-36-26-22-27-37-78)74-94(124(19,20)21)75-100(117)86-47-35-45-84(65-86)79-38-28-23-29-39-79)112-77-96(127-109-62-54-91(121(10,11)12)70-103(109)104-71-92(122(13,14)15)55-63-110(104)127)57-59-106(112)125(115)105-58-56-95(126-107-60-52-89(119(4,5)6)68-101(107)102-69-90(120(7,8)9)53-61-108(102)126)76-111(105)128(113)116-97(81-40-30-24-31-41-81)72-93(123(16,17)18)73-98(116)82-42-32-25-33-43-82/h22-77H,1-21H3. The SMILES string of the molecule is CC(C)(C)c1ccc(-c2cc3c4c(c2)N(c2c(-c5cccc(-c6ccccc6)c5)cc(C(C)(C)C)cc2-c2cccc(-c5ccccc5)c2)c2cc(-n5c6ccc(C(C)(C)C)cc6c6cc(C(C)(C)C)ccc65)ccc2B4c2ccc(-n4c5ccc(C(C)(C)C)cc5c5cc(C(C)(C)C)ccc54)cc2N3c2c(-c3ccccc3)cc(C(C)(C)C)cc2-c2ccccc2)cc1. The van der Waals surface area contributed by atoms with Gasteiger partial charge in [0.15, 0.2) is 0 Å². The van der Waals surface area contributed by atoms with E-state index >= 15 is 0 Å². The van der Waals surface area contributed by atoms with Crippen molar-refractivity contribution < 1.29 is 0 Å². The van der Waals surface area contributed by atoms with Crippen molar-refractivity contribution in [2.75, 3.05) is 9.80 Å². The molecule has 16 aromatic carbocycles. The summed E-state index contributed by atoms with van der Waals surface area (Å²) in [5.41, 5.74) is 41.1. The van der Waals surface area contributed by atoms with E-state index < -0.39 is 0 Å². The fraction of sp³-hybridized carbons (Fsp3) is 0.226. The molecule has 5 heteroatoms. The Hall–Kier alpha value is -13.2. The van der Waals surface area contributed by atoms with Crippen LogP contribution in [0.4, 0.5) is 34.1 Å². The van der Waals surface area contributed by atoms with Crippen LogP contribution in [-0.2, 0) is 37.9 Å². The fourth-order valence-electron chi connectivity index (χ4n) is 20.3. The molecule has 0 saturated heterocycles. The van der Waals surface area contributed by atoms with Crippen molar-refractivity contribution in [1.82, 2.24) is 9.13 Å². The largest absolute Gasteiger partial charge is 0.310 e. The molecule has 2 aliphatic rings. The van der Waals surface area contributed by atoms with Gasteiger partial charge >= 0.3 is 0 Å². The molecular weight excluding hydrogens is 1560 g/mol. The molecule has 0 spiro atoms. The Labute approximate surface area is 765 Å². The second-order valence-corrected chi connectivity index (χ2v) is 43.9. The summed E-state index contributed by atoms with van der Waals surface area (Å²) in [6, 6.07) is 133. The van der Waals surface area contributed by atoms with Crippen molar-refractivity contribution in [3.05, 3.63) is 379 Å². The molecule has 2 aromatic heterocycles. The Morgan fingerprint density at radius 3 is 0.767 bits per heavy atom. The minimum atomic E-state index is -0.339. The molecular formula is C124H119BN4. The molecule has 0 amide bonds. The number of nitrogens with zero attached hydrogens (tertiary/aromatic N) is 4. The number of benzene rings is 16. The Morgan fingerprint density at radius 1 is 0.186 bits per heavy atom. The van der Waals surface area contributed by atoms with E-state index in [2.05, 4.69) is 504 Å². The van der Waals surface area contributed by atoms with E-state index in [4.69, 9.17) is 0 Å². The average molecular weight is 1680 g/mol. The Morgan fingerprint density at radius 2 is 0.457 bits per heavy atom. The van der Waals surface area contributed by atoms with E-state index in [0.29, 0.717) is 0 Å². The lowest BCUT2D eigenvalue weighted by Crippen LogP contribution is -2.61. The number of hydrogen-bond donors (Lipinski definition) is 0. The first-order valence-corrected chi connectivity index (χ1v) is 46.5. The molecule has 0 unspecified atom stereocenters. The summed E-state index contributed by atoms with van der Waals surface area (Å²) >= 11 is 0. The minimum Gasteiger partial charge on any atom is -0.310 e. The predicted octanol–water partition coefficient (Wildman–Crippen LogP) is 32.7. The molecule has 4 nitrogen and oxygen atoms in total. The van der Waals surface area contributed by atoms with E-state index in [1.807, 2.05) is 0 Å². The smallest absolute Gasteiger partial charge is 0.252 e. The van der Waals surface area contributed by atoms with Crippen LogP contribution in [0, 0.1) is 0 Å². The molecule has 0 aliphatic carbocycles. The molecule has 0 radical (unpaired) electrons. The second-order valence-electron chi connectivity index (χ2n) is 43.9. The molecule has 2 aliphatic heterocycles. The molecule has 0 fully saturated rings. The van der Waals surface area contributed by atoms with Crippen LogP contribution in [0.1, 0.15) is 184 Å². The Balaban J connectivity index is 0.998. The first-order valence-electron chi connectivity index (χ1n) is 46.5. The third-order valence-corrected chi connectivity index (χ3v) is 27.8. The van der Waals surface area contributed by atoms with E-state index in [1.54, 1.807) is 0 Å². The van der Waals surface area contributed by atoms with Crippen LogP contribution in [0.25, 0.3) is 133 Å². The zero-order valence-corrected chi connectivity index (χ0v) is 79.2. The van der Waals surface area contributed by atoms with Gasteiger partial charge in [0.25, 0.3) is 6.71 Å². The lowest BCUT2D eigenvalue weighted by Gasteiger charge is -2.46. The third kappa shape index (κ3) is 14.9. The summed E-state index contributed by atoms with van der Waals surface area (Å²) in [6.45, 7) is 49.1. The lowest BCUT2D eigenvalue weighted by molar-refractivity contribution is 0.590. The molecule has 638 valence electrons. The van der Waals surface area contributed by atoms with Gasteiger partial charge in [0.1, 0.15) is 0 Å². The van der Waals surface area contributed by atoms with Crippen molar-refractivity contribution in [3.63, 3.8) is 0 Å². The van der Waals surface area contributed by atoms with Crippen LogP contribution in [-0.4, -0.2) is 15.8 Å². The highest BCUT2D eigenvalue weighted by molar-refractivity contribution is 7.00. The van der Waals surface area contributed by atoms with Gasteiger partial charge in [0, 0.05) is 77.9 Å². The van der Waals surface area contributed by atoms with Crippen molar-refractivity contribution in [1.29, 1.82) is 0 Å². The van der Waals surface area contributed by atoms with Crippen LogP contribution >= 0.6 is 0 Å². The van der Waals surface area contributed by atoms with Gasteiger partial charge in [0.2, 0.25) is 0 Å². The maximum Gasteiger partial charge on any atom is 0.252 e. The number of anilines is 6. The van der Waals surface area contributed by atoms with Gasteiger partial charge in [-0.25, -0.2) is 0 Å². The van der Waals surface area contributed by atoms with Gasteiger partial charge in [0.05, 0.1) is 33.4 Å². The van der Waals surface area contributed by atoms with Gasteiger partial charge in [-0.2, -0.15) is 0 Å². The maximum absolute atomic E-state index is 2.79. The highest BCUT2D eigenvalue weighted by Crippen LogP contribution is 2.57. The van der Waals surface area contributed by atoms with Crippen LogP contribution in [0.5, 0.6) is 0 Å². The number of aromatic nitrogens is 2. The molecule has 129 heavy (non-hydrogen) atoms. The highest BCUT2D eigenvalue weighted by atomic mass is 15.2. The topological polar surface area (TPSA) is 16.3 Å². The molecule has 20 rings (SSSR count). The highest BCUT2D eigenvalue weighted by Gasteiger charge is 2.47. The zero-order chi connectivity index (χ0) is 90.1. The average Bonchev–Trinajstić information content (AvgIpc) is 1.33. The first-order chi connectivity index (χ1) is 61.4. The quantitative estimate of drug-likeness (QED) is 0.120. The summed E-state index contributed by atoms with van der Waals surface area (Å²) in [5.74, 6) is 0. The number of fused-ring (bicyclic) bond motifs is 10. The molecule has 0 atom stereocenters. The molecule has 18 aromatic rings. The van der Waals surface area contributed by atoms with E-state index in [-0.39, 0.29) is 44.6 Å². The van der Waals surface area contributed by atoms with Crippen LogP contribution in [0.2, 0.25) is 0 Å². The summed E-state index contributed by atoms with van der Waals surface area (Å²) in [6.07, 6.45) is 0. The number of hydrogen-bond acceptors (Lipinski definition) is 2. The van der Waals surface area contributed by atoms with E-state index in [0.717, 1.165) is 112 Å². The number of rotatable bonds is 11. The predicted molar refractivity (Wildman–Crippen MR) is 558 cm³/mol. The normalized spacial score (nSPS) is 13.3. The van der Waals surface area contributed by atoms with Gasteiger partial charge < -0.3 is 18.9 Å². The van der Waals surface area contributed by atoms with Gasteiger partial charge in [-0.3, -0.25) is 0 Å². The molecule has 0 N–H and O–H groups in total. The maximum atomic E-state index is 2.79. The van der Waals surface area contributed by atoms with Crippen molar-refractivity contribution in [3.8, 4) is 89.3 Å². The van der Waals surface area contributed by atoms with Gasteiger partial charge in [-0.1, -0.05) is 364 Å². The first kappa shape index (κ1) is 84.0. The second kappa shape index (κ2) is 30.8. The van der Waals surface area contributed by atoms with Gasteiger partial charge in [-0.05, 0) is 270 Å². The Kier molecular flexibility index (Phi) is 20.0. The molecule has 0 saturated carbocycles. The summed E-state index contributed by atoms with van der Waals surface area (Å²) in [4.78, 5) is 5.56. The molecule has 4 heterocycles. The van der Waals surface area contributed by atoms with Crippen molar-refractivity contribution >= 4 is 101 Å². The minimum absolute atomic E-state index is 0.0892. The van der Waals surface area contributed by atoms with Crippen LogP contribution in [0.15, 0.2) is 340 Å². The van der Waals surface area contributed by atoms with Crippen LogP contribution in [0.3, 0.4) is 0 Å². The summed E-state index contributed by atoms with van der Waals surface area (Å²) < 4.78 is 5.18. The Bertz CT molecular complexity index is 7170. The van der Waals surface area contributed by atoms with E-state index in [9.17, 15) is 0 Å². The van der Waals surface area contributed by atoms with Crippen molar-refractivity contribution in [2.45, 2.75) is 183 Å². The fourth-order valence-corrected chi connectivity index (χ4v) is 20.3. The van der Waals surface area contributed by atoms with Crippen LogP contribution < -0.4 is 26.2 Å².